The molecule has 0 saturated carbocycles. The van der Waals surface area contributed by atoms with Crippen LogP contribution in [0.25, 0.3) is 0 Å². The first-order chi connectivity index (χ1) is 9.94. The number of hydrogen-bond acceptors (Lipinski definition) is 4. The van der Waals surface area contributed by atoms with Crippen molar-refractivity contribution in [3.05, 3.63) is 29.8 Å². The predicted octanol–water partition coefficient (Wildman–Crippen LogP) is 1.21. The molecule has 1 atom stereocenters. The molecule has 1 fully saturated rings. The molecular formula is C14H23N3O3S. The molecule has 1 aliphatic heterocycles. The van der Waals surface area contributed by atoms with Crippen molar-refractivity contribution in [1.82, 2.24) is 4.90 Å². The van der Waals surface area contributed by atoms with E-state index in [0.29, 0.717) is 17.8 Å². The van der Waals surface area contributed by atoms with Gasteiger partial charge in [-0.3, -0.25) is 4.72 Å². The number of likely N-dealkylation sites (tertiary alicyclic amines) is 1. The first kappa shape index (κ1) is 16.2. The lowest BCUT2D eigenvalue weighted by atomic mass is 10.1. The predicted molar refractivity (Wildman–Crippen MR) is 83.0 cm³/mol. The fourth-order valence-corrected chi connectivity index (χ4v) is 3.10. The lowest BCUT2D eigenvalue weighted by Gasteiger charge is -2.23. The summed E-state index contributed by atoms with van der Waals surface area (Å²) < 4.78 is 24.3. The van der Waals surface area contributed by atoms with Crippen LogP contribution in [0.1, 0.15) is 37.4 Å². The lowest BCUT2D eigenvalue weighted by Crippen LogP contribution is -2.29. The normalized spacial score (nSPS) is 19.0. The fraction of sp³-hybridized carbons (Fsp3) is 0.571. The smallest absolute Gasteiger partial charge is 0.296 e. The van der Waals surface area contributed by atoms with Crippen LogP contribution in [0.3, 0.4) is 0 Å². The van der Waals surface area contributed by atoms with Gasteiger partial charge >= 0.3 is 0 Å². The summed E-state index contributed by atoms with van der Waals surface area (Å²) in [6.07, 6.45) is 4.20. The molecule has 1 heterocycles. The number of aliphatic hydroxyl groups is 1. The Morgan fingerprint density at radius 3 is 2.52 bits per heavy atom. The number of nitrogens with one attached hydrogen (secondary N) is 1. The van der Waals surface area contributed by atoms with Crippen molar-refractivity contribution in [3.8, 4) is 0 Å². The molecule has 0 amide bonds. The van der Waals surface area contributed by atoms with Crippen molar-refractivity contribution in [2.75, 3.05) is 24.4 Å². The van der Waals surface area contributed by atoms with Crippen LogP contribution >= 0.6 is 0 Å². The van der Waals surface area contributed by atoms with Gasteiger partial charge in [0.05, 0.1) is 11.8 Å². The number of anilines is 1. The van der Waals surface area contributed by atoms with E-state index in [2.05, 4.69) is 9.62 Å². The first-order valence-electron chi connectivity index (χ1n) is 7.25. The summed E-state index contributed by atoms with van der Waals surface area (Å²) in [7, 11) is -3.79. The van der Waals surface area contributed by atoms with Gasteiger partial charge in [-0.1, -0.05) is 25.0 Å². The van der Waals surface area contributed by atoms with E-state index in [1.807, 2.05) is 0 Å². The maximum Gasteiger partial charge on any atom is 0.296 e. The highest BCUT2D eigenvalue weighted by atomic mass is 32.2. The standard InChI is InChI=1S/C14H23N3O3S/c15-21(19,20)16-13-7-5-6-12(10-13)14(18)11-17-8-3-1-2-4-9-17/h5-7,10,14,16,18H,1-4,8-9,11H2,(H2,15,19,20). The van der Waals surface area contributed by atoms with Crippen LogP contribution in [0.15, 0.2) is 24.3 Å². The zero-order chi connectivity index (χ0) is 15.3. The second kappa shape index (κ2) is 7.22. The van der Waals surface area contributed by atoms with Gasteiger partial charge in [0.2, 0.25) is 0 Å². The van der Waals surface area contributed by atoms with Crippen molar-refractivity contribution in [1.29, 1.82) is 0 Å². The Morgan fingerprint density at radius 2 is 1.90 bits per heavy atom. The van der Waals surface area contributed by atoms with Crippen LogP contribution < -0.4 is 9.86 Å². The Hall–Kier alpha value is -1.15. The van der Waals surface area contributed by atoms with Gasteiger partial charge in [-0.25, -0.2) is 5.14 Å². The topological polar surface area (TPSA) is 95.7 Å². The van der Waals surface area contributed by atoms with Gasteiger partial charge in [-0.15, -0.1) is 0 Å². The van der Waals surface area contributed by atoms with E-state index in [9.17, 15) is 13.5 Å². The molecule has 1 saturated heterocycles. The molecule has 2 rings (SSSR count). The van der Waals surface area contributed by atoms with Gasteiger partial charge in [0.15, 0.2) is 0 Å². The number of nitrogens with zero attached hydrogens (tertiary/aromatic N) is 1. The van der Waals surface area contributed by atoms with Crippen LogP contribution in [0.2, 0.25) is 0 Å². The molecule has 6 nitrogen and oxygen atoms in total. The van der Waals surface area contributed by atoms with Crippen LogP contribution in [-0.4, -0.2) is 38.1 Å². The Bertz CT molecular complexity index is 554. The molecule has 1 aromatic rings. The van der Waals surface area contributed by atoms with Gasteiger partial charge in [-0.05, 0) is 43.6 Å². The number of hydrogen-bond donors (Lipinski definition) is 3. The van der Waals surface area contributed by atoms with Crippen molar-refractivity contribution in [2.45, 2.75) is 31.8 Å². The van der Waals surface area contributed by atoms with Gasteiger partial charge < -0.3 is 10.0 Å². The average Bonchev–Trinajstić information content (AvgIpc) is 2.65. The third-order valence-electron chi connectivity index (χ3n) is 3.66. The Balaban J connectivity index is 2.01. The molecule has 4 N–H and O–H groups in total. The minimum atomic E-state index is -3.79. The lowest BCUT2D eigenvalue weighted by molar-refractivity contribution is 0.115. The van der Waals surface area contributed by atoms with E-state index >= 15 is 0 Å². The molecule has 21 heavy (non-hydrogen) atoms. The van der Waals surface area contributed by atoms with E-state index in [1.165, 1.54) is 25.7 Å². The zero-order valence-electron chi connectivity index (χ0n) is 12.0. The molecular weight excluding hydrogens is 290 g/mol. The van der Waals surface area contributed by atoms with Gasteiger partial charge in [0.25, 0.3) is 10.2 Å². The van der Waals surface area contributed by atoms with Crippen molar-refractivity contribution in [3.63, 3.8) is 0 Å². The first-order valence-corrected chi connectivity index (χ1v) is 8.79. The molecule has 0 bridgehead atoms. The molecule has 0 aromatic heterocycles. The van der Waals surface area contributed by atoms with E-state index in [0.717, 1.165) is 13.1 Å². The SMILES string of the molecule is NS(=O)(=O)Nc1cccc(C(O)CN2CCCCCC2)c1. The summed E-state index contributed by atoms with van der Waals surface area (Å²) >= 11 is 0. The maximum absolute atomic E-state index is 11.0. The molecule has 0 spiro atoms. The molecule has 7 heteroatoms. The summed E-state index contributed by atoms with van der Waals surface area (Å²) in [4.78, 5) is 2.26. The minimum Gasteiger partial charge on any atom is -0.387 e. The van der Waals surface area contributed by atoms with Crippen LogP contribution in [0.4, 0.5) is 5.69 Å². The van der Waals surface area contributed by atoms with E-state index in [-0.39, 0.29) is 0 Å². The van der Waals surface area contributed by atoms with Crippen LogP contribution in [-0.2, 0) is 10.2 Å². The average molecular weight is 313 g/mol. The summed E-state index contributed by atoms with van der Waals surface area (Å²) in [5, 5.41) is 15.3. The summed E-state index contributed by atoms with van der Waals surface area (Å²) in [6.45, 7) is 2.58. The highest BCUT2D eigenvalue weighted by Crippen LogP contribution is 2.20. The third kappa shape index (κ3) is 5.62. The number of β-amino-alcohol motifs (C(OH)–C–C–N with tert-alkyl or cyclic N) is 1. The number of benzene rings is 1. The molecule has 0 aliphatic carbocycles. The van der Waals surface area contributed by atoms with E-state index in [1.54, 1.807) is 24.3 Å². The summed E-state index contributed by atoms with van der Waals surface area (Å²) in [5.41, 5.74) is 1.05. The highest BCUT2D eigenvalue weighted by molar-refractivity contribution is 7.90. The summed E-state index contributed by atoms with van der Waals surface area (Å²) in [6, 6.07) is 6.71. The monoisotopic (exact) mass is 313 g/mol. The summed E-state index contributed by atoms with van der Waals surface area (Å²) in [5.74, 6) is 0. The quantitative estimate of drug-likeness (QED) is 0.761. The van der Waals surface area contributed by atoms with Crippen molar-refractivity contribution >= 4 is 15.9 Å². The van der Waals surface area contributed by atoms with E-state index in [4.69, 9.17) is 5.14 Å². The van der Waals surface area contributed by atoms with Gasteiger partial charge in [-0.2, -0.15) is 8.42 Å². The second-order valence-corrected chi connectivity index (χ2v) is 6.80. The third-order valence-corrected chi connectivity index (χ3v) is 4.18. The largest absolute Gasteiger partial charge is 0.387 e. The fourth-order valence-electron chi connectivity index (χ4n) is 2.64. The number of nitrogens with two attached hydrogens (primary N) is 1. The number of aliphatic hydroxyl groups excluding tert-OH is 1. The molecule has 1 aliphatic rings. The highest BCUT2D eigenvalue weighted by Gasteiger charge is 2.15. The number of rotatable bonds is 5. The van der Waals surface area contributed by atoms with E-state index < -0.39 is 16.3 Å². The molecule has 1 unspecified atom stereocenters. The maximum atomic E-state index is 11.0. The minimum absolute atomic E-state index is 0.366. The molecule has 118 valence electrons. The van der Waals surface area contributed by atoms with Crippen LogP contribution in [0.5, 0.6) is 0 Å². The Morgan fingerprint density at radius 1 is 1.24 bits per heavy atom. The molecule has 1 aromatic carbocycles. The van der Waals surface area contributed by atoms with Gasteiger partial charge in [0, 0.05) is 6.54 Å². The van der Waals surface area contributed by atoms with Crippen LogP contribution in [0, 0.1) is 0 Å². The second-order valence-electron chi connectivity index (χ2n) is 5.50. The Labute approximate surface area is 126 Å². The molecule has 0 radical (unpaired) electrons. The zero-order valence-corrected chi connectivity index (χ0v) is 12.8. The van der Waals surface area contributed by atoms with Gasteiger partial charge in [0.1, 0.15) is 0 Å². The van der Waals surface area contributed by atoms with Crippen molar-refractivity contribution < 1.29 is 13.5 Å². The van der Waals surface area contributed by atoms with Crippen molar-refractivity contribution in [2.24, 2.45) is 5.14 Å². The Kier molecular flexibility index (Phi) is 5.58.